The molecule has 2 aromatic rings. The van der Waals surface area contributed by atoms with Gasteiger partial charge >= 0.3 is 0 Å². The quantitative estimate of drug-likeness (QED) is 0.679. The lowest BCUT2D eigenvalue weighted by atomic mass is 9.96. The molecule has 1 aliphatic rings. The van der Waals surface area contributed by atoms with E-state index in [0.29, 0.717) is 12.1 Å². The van der Waals surface area contributed by atoms with Gasteiger partial charge in [-0.25, -0.2) is 0 Å². The first kappa shape index (κ1) is 16.2. The molecular formula is C18H20Br2N2. The van der Waals surface area contributed by atoms with E-state index in [1.165, 1.54) is 20.1 Å². The van der Waals surface area contributed by atoms with E-state index >= 15 is 0 Å². The lowest BCUT2D eigenvalue weighted by Gasteiger charge is -2.44. The highest BCUT2D eigenvalue weighted by Gasteiger charge is 2.32. The van der Waals surface area contributed by atoms with Crippen LogP contribution >= 0.6 is 31.9 Å². The molecular weight excluding hydrogens is 404 g/mol. The van der Waals surface area contributed by atoms with Crippen LogP contribution in [0.25, 0.3) is 0 Å². The fourth-order valence-electron chi connectivity index (χ4n) is 3.24. The zero-order chi connectivity index (χ0) is 15.7. The average molecular weight is 424 g/mol. The van der Waals surface area contributed by atoms with Crippen molar-refractivity contribution in [2.75, 3.05) is 27.2 Å². The molecule has 3 rings (SSSR count). The van der Waals surface area contributed by atoms with Crippen LogP contribution < -0.4 is 0 Å². The standard InChI is InChI=1S/C18H20Br2N2/c1-21-11-18(14-8-4-6-10-16(14)20)22(2)12-17(21)13-7-3-5-9-15(13)19/h3-10,17-18H,11-12H2,1-2H3/t17-,18-/m1/s1. The monoisotopic (exact) mass is 422 g/mol. The van der Waals surface area contributed by atoms with E-state index < -0.39 is 0 Å². The third-order valence-electron chi connectivity index (χ3n) is 4.51. The molecule has 0 unspecified atom stereocenters. The molecule has 2 atom stereocenters. The maximum Gasteiger partial charge on any atom is 0.0484 e. The number of hydrogen-bond donors (Lipinski definition) is 0. The summed E-state index contributed by atoms with van der Waals surface area (Å²) < 4.78 is 2.39. The molecule has 0 saturated carbocycles. The molecule has 0 radical (unpaired) electrons. The topological polar surface area (TPSA) is 6.48 Å². The second-order valence-corrected chi connectivity index (χ2v) is 7.66. The first-order valence-electron chi connectivity index (χ1n) is 7.47. The summed E-state index contributed by atoms with van der Waals surface area (Å²) in [5, 5.41) is 0. The Kier molecular flexibility index (Phi) is 5.03. The highest BCUT2D eigenvalue weighted by Crippen LogP contribution is 2.37. The zero-order valence-electron chi connectivity index (χ0n) is 12.8. The molecule has 1 heterocycles. The van der Waals surface area contributed by atoms with E-state index in [1.54, 1.807) is 0 Å². The van der Waals surface area contributed by atoms with Gasteiger partial charge in [0.1, 0.15) is 0 Å². The largest absolute Gasteiger partial charge is 0.296 e. The fraction of sp³-hybridized carbons (Fsp3) is 0.333. The minimum absolute atomic E-state index is 0.416. The van der Waals surface area contributed by atoms with Crippen LogP contribution in [0.2, 0.25) is 0 Å². The van der Waals surface area contributed by atoms with Gasteiger partial charge in [0.2, 0.25) is 0 Å². The van der Waals surface area contributed by atoms with Crippen LogP contribution in [0, 0.1) is 0 Å². The molecule has 4 heteroatoms. The summed E-state index contributed by atoms with van der Waals surface area (Å²) >= 11 is 7.40. The molecule has 1 fully saturated rings. The third kappa shape index (κ3) is 3.16. The predicted molar refractivity (Wildman–Crippen MR) is 99.0 cm³/mol. The number of hydrogen-bond acceptors (Lipinski definition) is 2. The summed E-state index contributed by atoms with van der Waals surface area (Å²) in [6.07, 6.45) is 0. The second-order valence-electron chi connectivity index (χ2n) is 5.95. The Bertz CT molecular complexity index is 602. The van der Waals surface area contributed by atoms with Crippen molar-refractivity contribution in [1.82, 2.24) is 9.80 Å². The molecule has 2 nitrogen and oxygen atoms in total. The van der Waals surface area contributed by atoms with E-state index in [9.17, 15) is 0 Å². The lowest BCUT2D eigenvalue weighted by molar-refractivity contribution is 0.0617. The first-order chi connectivity index (χ1) is 10.6. The van der Waals surface area contributed by atoms with Gasteiger partial charge in [0.05, 0.1) is 0 Å². The van der Waals surface area contributed by atoms with Gasteiger partial charge in [0, 0.05) is 34.1 Å². The average Bonchev–Trinajstić information content (AvgIpc) is 2.51. The van der Waals surface area contributed by atoms with Crippen LogP contribution in [0.3, 0.4) is 0 Å². The van der Waals surface area contributed by atoms with E-state index in [4.69, 9.17) is 0 Å². The van der Waals surface area contributed by atoms with Crippen molar-refractivity contribution >= 4 is 31.9 Å². The molecule has 1 aliphatic heterocycles. The van der Waals surface area contributed by atoms with Crippen molar-refractivity contribution in [3.8, 4) is 0 Å². The normalized spacial score (nSPS) is 23.6. The van der Waals surface area contributed by atoms with Gasteiger partial charge in [-0.3, -0.25) is 9.80 Å². The summed E-state index contributed by atoms with van der Waals surface area (Å²) in [7, 11) is 4.45. The van der Waals surface area contributed by atoms with Crippen LogP contribution in [0.1, 0.15) is 23.2 Å². The van der Waals surface area contributed by atoms with Gasteiger partial charge < -0.3 is 0 Å². The summed E-state index contributed by atoms with van der Waals surface area (Å²) in [5.41, 5.74) is 2.73. The third-order valence-corrected chi connectivity index (χ3v) is 5.96. The number of rotatable bonds is 2. The van der Waals surface area contributed by atoms with Crippen LogP contribution in [-0.4, -0.2) is 37.0 Å². The molecule has 0 amide bonds. The highest BCUT2D eigenvalue weighted by atomic mass is 79.9. The fourth-order valence-corrected chi connectivity index (χ4v) is 4.34. The molecule has 116 valence electrons. The SMILES string of the molecule is CN1C[C@H](c2ccccc2Br)N(C)C[C@@H]1c1ccccc1Br. The number of halogens is 2. The number of likely N-dealkylation sites (N-methyl/N-ethyl adjacent to an activating group) is 2. The van der Waals surface area contributed by atoms with Crippen molar-refractivity contribution in [1.29, 1.82) is 0 Å². The Morgan fingerprint density at radius 3 is 1.45 bits per heavy atom. The summed E-state index contributed by atoms with van der Waals surface area (Å²) in [4.78, 5) is 4.92. The molecule has 0 spiro atoms. The van der Waals surface area contributed by atoms with Gasteiger partial charge in [-0.15, -0.1) is 0 Å². The van der Waals surface area contributed by atoms with Gasteiger partial charge in [-0.05, 0) is 37.4 Å². The predicted octanol–water partition coefficient (Wildman–Crippen LogP) is 4.87. The van der Waals surface area contributed by atoms with E-state index in [1.807, 2.05) is 0 Å². The van der Waals surface area contributed by atoms with Gasteiger partial charge in [-0.2, -0.15) is 0 Å². The van der Waals surface area contributed by atoms with Crippen LogP contribution in [0.15, 0.2) is 57.5 Å². The number of nitrogens with zero attached hydrogens (tertiary/aromatic N) is 2. The first-order valence-corrected chi connectivity index (χ1v) is 9.06. The van der Waals surface area contributed by atoms with Gasteiger partial charge in [0.15, 0.2) is 0 Å². The van der Waals surface area contributed by atoms with Crippen LogP contribution in [-0.2, 0) is 0 Å². The van der Waals surface area contributed by atoms with E-state index in [2.05, 4.69) is 104 Å². The number of benzene rings is 2. The van der Waals surface area contributed by atoms with Crippen molar-refractivity contribution in [2.45, 2.75) is 12.1 Å². The Morgan fingerprint density at radius 2 is 1.09 bits per heavy atom. The Hall–Kier alpha value is -0.680. The Labute approximate surface area is 149 Å². The summed E-state index contributed by atoms with van der Waals surface area (Å²) in [5.74, 6) is 0. The maximum absolute atomic E-state index is 3.70. The molecule has 0 bridgehead atoms. The van der Waals surface area contributed by atoms with Crippen molar-refractivity contribution in [3.05, 3.63) is 68.6 Å². The molecule has 22 heavy (non-hydrogen) atoms. The molecule has 0 N–H and O–H groups in total. The Morgan fingerprint density at radius 1 is 0.727 bits per heavy atom. The lowest BCUT2D eigenvalue weighted by Crippen LogP contribution is -2.47. The van der Waals surface area contributed by atoms with Gasteiger partial charge in [-0.1, -0.05) is 68.3 Å². The summed E-state index contributed by atoms with van der Waals surface area (Å²) in [6.45, 7) is 2.04. The highest BCUT2D eigenvalue weighted by molar-refractivity contribution is 9.10. The minimum atomic E-state index is 0.416. The summed E-state index contributed by atoms with van der Waals surface area (Å²) in [6, 6.07) is 17.9. The van der Waals surface area contributed by atoms with Crippen molar-refractivity contribution in [2.24, 2.45) is 0 Å². The number of piperazine rings is 1. The molecule has 0 aromatic heterocycles. The molecule has 2 aromatic carbocycles. The van der Waals surface area contributed by atoms with Gasteiger partial charge in [0.25, 0.3) is 0 Å². The van der Waals surface area contributed by atoms with E-state index in [-0.39, 0.29) is 0 Å². The van der Waals surface area contributed by atoms with Crippen molar-refractivity contribution in [3.63, 3.8) is 0 Å². The van der Waals surface area contributed by atoms with Crippen LogP contribution in [0.4, 0.5) is 0 Å². The molecule has 0 aliphatic carbocycles. The van der Waals surface area contributed by atoms with Crippen molar-refractivity contribution < 1.29 is 0 Å². The maximum atomic E-state index is 3.70. The Balaban J connectivity index is 1.86. The second kappa shape index (κ2) is 6.83. The smallest absolute Gasteiger partial charge is 0.0484 e. The molecule has 1 saturated heterocycles. The zero-order valence-corrected chi connectivity index (χ0v) is 16.0. The van der Waals surface area contributed by atoms with E-state index in [0.717, 1.165) is 13.1 Å². The minimum Gasteiger partial charge on any atom is -0.296 e. The van der Waals surface area contributed by atoms with Crippen LogP contribution in [0.5, 0.6) is 0 Å².